The van der Waals surface area contributed by atoms with Gasteiger partial charge in [-0.25, -0.2) is 0 Å². The first kappa shape index (κ1) is 16.7. The first-order valence-electron chi connectivity index (χ1n) is 6.98. The fraction of sp³-hybridized carbons (Fsp3) is 0.625. The Morgan fingerprint density at radius 1 is 1.32 bits per heavy atom. The van der Waals surface area contributed by atoms with Gasteiger partial charge in [0.05, 0.1) is 12.2 Å². The summed E-state index contributed by atoms with van der Waals surface area (Å²) in [6, 6.07) is 6.99. The van der Waals surface area contributed by atoms with Crippen molar-refractivity contribution in [2.45, 2.75) is 65.8 Å². The number of hydrogen-bond donors (Lipinski definition) is 1. The molecule has 0 aromatic heterocycles. The highest BCUT2D eigenvalue weighted by atomic mass is 79.9. The summed E-state index contributed by atoms with van der Waals surface area (Å²) in [6.07, 6.45) is 1.01. The highest BCUT2D eigenvalue weighted by molar-refractivity contribution is 9.10. The molecule has 0 saturated heterocycles. The lowest BCUT2D eigenvalue weighted by atomic mass is 10.1. The van der Waals surface area contributed by atoms with E-state index in [4.69, 9.17) is 4.74 Å². The Morgan fingerprint density at radius 2 is 2.00 bits per heavy atom. The topological polar surface area (TPSA) is 21.3 Å². The molecule has 0 aliphatic heterocycles. The van der Waals surface area contributed by atoms with Gasteiger partial charge in [-0.15, -0.1) is 0 Å². The van der Waals surface area contributed by atoms with E-state index < -0.39 is 0 Å². The van der Waals surface area contributed by atoms with Crippen molar-refractivity contribution >= 4 is 15.9 Å². The van der Waals surface area contributed by atoms with Crippen molar-refractivity contribution in [1.29, 1.82) is 0 Å². The molecular formula is C16H26BrNO. The molecule has 19 heavy (non-hydrogen) atoms. The Kier molecular flexibility index (Phi) is 6.51. The van der Waals surface area contributed by atoms with Crippen molar-refractivity contribution in [3.8, 4) is 0 Å². The summed E-state index contributed by atoms with van der Waals surface area (Å²) >= 11 is 3.64. The van der Waals surface area contributed by atoms with Gasteiger partial charge in [0.2, 0.25) is 0 Å². The summed E-state index contributed by atoms with van der Waals surface area (Å²) in [5, 5.41) is 3.42. The fourth-order valence-corrected chi connectivity index (χ4v) is 2.06. The lowest BCUT2D eigenvalue weighted by Crippen LogP contribution is -2.23. The molecular weight excluding hydrogens is 302 g/mol. The monoisotopic (exact) mass is 327 g/mol. The van der Waals surface area contributed by atoms with E-state index in [1.165, 1.54) is 11.1 Å². The van der Waals surface area contributed by atoms with E-state index >= 15 is 0 Å². The summed E-state index contributed by atoms with van der Waals surface area (Å²) in [5.74, 6) is 0. The molecule has 0 radical (unpaired) electrons. The van der Waals surface area contributed by atoms with E-state index in [9.17, 15) is 0 Å². The average molecular weight is 328 g/mol. The number of nitrogens with one attached hydrogen (secondary N) is 1. The van der Waals surface area contributed by atoms with Crippen LogP contribution in [-0.4, -0.2) is 11.6 Å². The SMILES string of the molecule is CCC(C)(C)OCc1ccc(CNC(C)C)cc1Br. The molecule has 2 nitrogen and oxygen atoms in total. The van der Waals surface area contributed by atoms with Crippen molar-refractivity contribution in [2.75, 3.05) is 0 Å². The van der Waals surface area contributed by atoms with Crippen LogP contribution in [0.2, 0.25) is 0 Å². The maximum absolute atomic E-state index is 5.94. The summed E-state index contributed by atoms with van der Waals surface area (Å²) in [6.45, 7) is 12.3. The van der Waals surface area contributed by atoms with Crippen LogP contribution in [0.15, 0.2) is 22.7 Å². The highest BCUT2D eigenvalue weighted by Gasteiger charge is 2.15. The first-order valence-corrected chi connectivity index (χ1v) is 7.78. The lowest BCUT2D eigenvalue weighted by molar-refractivity contribution is -0.0318. The van der Waals surface area contributed by atoms with Crippen LogP contribution in [0.5, 0.6) is 0 Å². The second-order valence-electron chi connectivity index (χ2n) is 5.86. The molecule has 0 unspecified atom stereocenters. The maximum atomic E-state index is 5.94. The van der Waals surface area contributed by atoms with Crippen LogP contribution in [-0.2, 0) is 17.9 Å². The molecule has 0 heterocycles. The lowest BCUT2D eigenvalue weighted by Gasteiger charge is -2.24. The highest BCUT2D eigenvalue weighted by Crippen LogP contribution is 2.23. The van der Waals surface area contributed by atoms with Crippen LogP contribution in [0.4, 0.5) is 0 Å². The van der Waals surface area contributed by atoms with Crippen molar-refractivity contribution in [3.63, 3.8) is 0 Å². The molecule has 0 amide bonds. The number of benzene rings is 1. The minimum absolute atomic E-state index is 0.0582. The standard InChI is InChI=1S/C16H26BrNO/c1-6-16(4,5)19-11-14-8-7-13(9-15(14)17)10-18-12(2)3/h7-9,12,18H,6,10-11H2,1-5H3. The zero-order valence-corrected chi connectivity index (χ0v) is 14.3. The number of halogens is 1. The normalized spacial score (nSPS) is 12.2. The molecule has 1 rings (SSSR count). The predicted octanol–water partition coefficient (Wildman–Crippen LogP) is 4.65. The molecule has 1 aromatic carbocycles. The van der Waals surface area contributed by atoms with Gasteiger partial charge >= 0.3 is 0 Å². The zero-order valence-electron chi connectivity index (χ0n) is 12.7. The predicted molar refractivity (Wildman–Crippen MR) is 85.3 cm³/mol. The molecule has 0 aliphatic rings. The maximum Gasteiger partial charge on any atom is 0.0735 e. The Hall–Kier alpha value is -0.380. The summed E-state index contributed by atoms with van der Waals surface area (Å²) in [4.78, 5) is 0. The molecule has 0 bridgehead atoms. The van der Waals surface area contributed by atoms with Crippen LogP contribution in [0.25, 0.3) is 0 Å². The number of rotatable bonds is 7. The van der Waals surface area contributed by atoms with Crippen molar-refractivity contribution in [3.05, 3.63) is 33.8 Å². The smallest absolute Gasteiger partial charge is 0.0735 e. The Labute approximate surface area is 126 Å². The van der Waals surface area contributed by atoms with E-state index in [2.05, 4.69) is 74.1 Å². The fourth-order valence-electron chi connectivity index (χ4n) is 1.51. The molecule has 108 valence electrons. The van der Waals surface area contributed by atoms with Gasteiger partial charge < -0.3 is 10.1 Å². The van der Waals surface area contributed by atoms with Gasteiger partial charge in [-0.1, -0.05) is 48.8 Å². The van der Waals surface area contributed by atoms with E-state index in [1.54, 1.807) is 0 Å². The van der Waals surface area contributed by atoms with E-state index in [0.717, 1.165) is 17.4 Å². The van der Waals surface area contributed by atoms with Crippen molar-refractivity contribution in [1.82, 2.24) is 5.32 Å². The third-order valence-electron chi connectivity index (χ3n) is 3.30. The van der Waals surface area contributed by atoms with Crippen molar-refractivity contribution in [2.24, 2.45) is 0 Å². The minimum atomic E-state index is -0.0582. The van der Waals surface area contributed by atoms with Crippen LogP contribution in [0, 0.1) is 0 Å². The van der Waals surface area contributed by atoms with Crippen LogP contribution in [0.1, 0.15) is 52.2 Å². The van der Waals surface area contributed by atoms with E-state index in [-0.39, 0.29) is 5.60 Å². The zero-order chi connectivity index (χ0) is 14.5. The van der Waals surface area contributed by atoms with Gasteiger partial charge in [0, 0.05) is 17.1 Å². The second-order valence-corrected chi connectivity index (χ2v) is 6.72. The van der Waals surface area contributed by atoms with Gasteiger partial charge in [-0.2, -0.15) is 0 Å². The average Bonchev–Trinajstić information content (AvgIpc) is 2.35. The first-order chi connectivity index (χ1) is 8.84. The van der Waals surface area contributed by atoms with E-state index in [0.29, 0.717) is 12.6 Å². The largest absolute Gasteiger partial charge is 0.371 e. The third-order valence-corrected chi connectivity index (χ3v) is 4.04. The molecule has 0 fully saturated rings. The number of ether oxygens (including phenoxy) is 1. The molecule has 1 N–H and O–H groups in total. The van der Waals surface area contributed by atoms with Crippen molar-refractivity contribution < 1.29 is 4.74 Å². The minimum Gasteiger partial charge on any atom is -0.371 e. The van der Waals surface area contributed by atoms with Gasteiger partial charge in [-0.3, -0.25) is 0 Å². The summed E-state index contributed by atoms with van der Waals surface area (Å²) < 4.78 is 7.07. The van der Waals surface area contributed by atoms with Crippen LogP contribution < -0.4 is 5.32 Å². The molecule has 0 aliphatic carbocycles. The second kappa shape index (κ2) is 7.41. The molecule has 0 spiro atoms. The Bertz CT molecular complexity index is 402. The van der Waals surface area contributed by atoms with Crippen LogP contribution >= 0.6 is 15.9 Å². The summed E-state index contributed by atoms with van der Waals surface area (Å²) in [7, 11) is 0. The quantitative estimate of drug-likeness (QED) is 0.786. The van der Waals surface area contributed by atoms with Gasteiger partial charge in [-0.05, 0) is 37.5 Å². The molecule has 0 atom stereocenters. The molecule has 0 saturated carbocycles. The molecule has 3 heteroatoms. The third kappa shape index (κ3) is 6.07. The van der Waals surface area contributed by atoms with Crippen LogP contribution in [0.3, 0.4) is 0 Å². The van der Waals surface area contributed by atoms with Gasteiger partial charge in [0.1, 0.15) is 0 Å². The molecule has 1 aromatic rings. The summed E-state index contributed by atoms with van der Waals surface area (Å²) in [5.41, 5.74) is 2.44. The Morgan fingerprint density at radius 3 is 2.53 bits per heavy atom. The van der Waals surface area contributed by atoms with Gasteiger partial charge in [0.15, 0.2) is 0 Å². The number of hydrogen-bond acceptors (Lipinski definition) is 2. The van der Waals surface area contributed by atoms with Gasteiger partial charge in [0.25, 0.3) is 0 Å². The van der Waals surface area contributed by atoms with E-state index in [1.807, 2.05) is 0 Å². The Balaban J connectivity index is 2.62.